The van der Waals surface area contributed by atoms with Crippen LogP contribution in [0, 0.1) is 11.8 Å². The van der Waals surface area contributed by atoms with E-state index in [0.717, 1.165) is 18.9 Å². The zero-order valence-corrected chi connectivity index (χ0v) is 13.0. The minimum Gasteiger partial charge on any atom is -0.355 e. The van der Waals surface area contributed by atoms with E-state index >= 15 is 0 Å². The van der Waals surface area contributed by atoms with Crippen LogP contribution in [0.15, 0.2) is 0 Å². The van der Waals surface area contributed by atoms with Gasteiger partial charge in [0.15, 0.2) is 0 Å². The fraction of sp³-hybridized carbons (Fsp3) is 0.938. The minimum absolute atomic E-state index is 0.140. The summed E-state index contributed by atoms with van der Waals surface area (Å²) in [6, 6.07) is 0.467. The van der Waals surface area contributed by atoms with Gasteiger partial charge < -0.3 is 10.6 Å². The summed E-state index contributed by atoms with van der Waals surface area (Å²) < 4.78 is 0. The average molecular weight is 268 g/mol. The highest BCUT2D eigenvalue weighted by molar-refractivity contribution is 5.77. The molecule has 1 rings (SSSR count). The zero-order valence-electron chi connectivity index (χ0n) is 13.0. The number of hydrogen-bond donors (Lipinski definition) is 2. The molecule has 3 heteroatoms. The molecule has 0 bridgehead atoms. The summed E-state index contributed by atoms with van der Waals surface area (Å²) in [6.45, 7) is 7.86. The van der Waals surface area contributed by atoms with E-state index < -0.39 is 0 Å². The van der Waals surface area contributed by atoms with Crippen LogP contribution >= 0.6 is 0 Å². The van der Waals surface area contributed by atoms with Gasteiger partial charge in [-0.3, -0.25) is 4.79 Å². The lowest BCUT2D eigenvalue weighted by molar-refractivity contribution is -0.120. The van der Waals surface area contributed by atoms with E-state index in [1.807, 2.05) is 0 Å². The maximum Gasteiger partial charge on any atom is 0.233 e. The molecule has 1 amide bonds. The molecule has 1 saturated carbocycles. The van der Waals surface area contributed by atoms with E-state index in [4.69, 9.17) is 0 Å². The van der Waals surface area contributed by atoms with Crippen LogP contribution in [0.4, 0.5) is 0 Å². The molecule has 0 aliphatic heterocycles. The van der Waals surface area contributed by atoms with Crippen LogP contribution in [-0.4, -0.2) is 25.0 Å². The van der Waals surface area contributed by atoms with Gasteiger partial charge in [-0.2, -0.15) is 0 Å². The van der Waals surface area contributed by atoms with Crippen molar-refractivity contribution in [3.05, 3.63) is 0 Å². The Morgan fingerprint density at radius 1 is 1.11 bits per heavy atom. The lowest BCUT2D eigenvalue weighted by atomic mass is 9.93. The van der Waals surface area contributed by atoms with Crippen molar-refractivity contribution in [2.75, 3.05) is 13.1 Å². The van der Waals surface area contributed by atoms with Gasteiger partial charge in [-0.15, -0.1) is 0 Å². The second-order valence-electron chi connectivity index (χ2n) is 6.45. The van der Waals surface area contributed by atoms with Crippen LogP contribution in [0.1, 0.15) is 65.7 Å². The minimum atomic E-state index is 0.140. The largest absolute Gasteiger partial charge is 0.355 e. The molecule has 0 unspecified atom stereocenters. The lowest BCUT2D eigenvalue weighted by Crippen LogP contribution is -2.41. The predicted molar refractivity (Wildman–Crippen MR) is 81.1 cm³/mol. The molecular weight excluding hydrogens is 236 g/mol. The average Bonchev–Trinajstić information content (AvgIpc) is 2.64. The van der Waals surface area contributed by atoms with Crippen LogP contribution < -0.4 is 10.6 Å². The number of amides is 1. The Kier molecular flexibility index (Phi) is 8.11. The topological polar surface area (TPSA) is 41.1 Å². The van der Waals surface area contributed by atoms with E-state index in [2.05, 4.69) is 31.4 Å². The molecule has 112 valence electrons. The number of carbonyl (C=O) groups is 1. The summed E-state index contributed by atoms with van der Waals surface area (Å²) in [5.74, 6) is 1.55. The zero-order chi connectivity index (χ0) is 14.1. The smallest absolute Gasteiger partial charge is 0.233 e. The Labute approximate surface area is 118 Å². The molecule has 0 saturated heterocycles. The van der Waals surface area contributed by atoms with Gasteiger partial charge in [0.2, 0.25) is 5.91 Å². The molecule has 0 radical (unpaired) electrons. The summed E-state index contributed by atoms with van der Waals surface area (Å²) in [5, 5.41) is 6.39. The molecule has 1 fully saturated rings. The van der Waals surface area contributed by atoms with E-state index in [1.54, 1.807) is 0 Å². The van der Waals surface area contributed by atoms with Gasteiger partial charge in [0.05, 0.1) is 6.54 Å². The van der Waals surface area contributed by atoms with E-state index in [0.29, 0.717) is 18.5 Å². The van der Waals surface area contributed by atoms with Gasteiger partial charge in [-0.25, -0.2) is 0 Å². The first-order valence-corrected chi connectivity index (χ1v) is 8.09. The van der Waals surface area contributed by atoms with Crippen LogP contribution in [0.2, 0.25) is 0 Å². The van der Waals surface area contributed by atoms with E-state index in [-0.39, 0.29) is 5.91 Å². The second-order valence-corrected chi connectivity index (χ2v) is 6.45. The first-order valence-electron chi connectivity index (χ1n) is 8.09. The fourth-order valence-electron chi connectivity index (χ4n) is 2.79. The fourth-order valence-corrected chi connectivity index (χ4v) is 2.79. The van der Waals surface area contributed by atoms with Crippen LogP contribution in [0.3, 0.4) is 0 Å². The third-order valence-corrected chi connectivity index (χ3v) is 4.24. The molecule has 1 atom stereocenters. The van der Waals surface area contributed by atoms with E-state index in [9.17, 15) is 4.79 Å². The Morgan fingerprint density at radius 2 is 1.74 bits per heavy atom. The Balaban J connectivity index is 2.14. The van der Waals surface area contributed by atoms with Crippen LogP contribution in [0.25, 0.3) is 0 Å². The van der Waals surface area contributed by atoms with Crippen molar-refractivity contribution >= 4 is 5.91 Å². The van der Waals surface area contributed by atoms with Crippen molar-refractivity contribution in [3.8, 4) is 0 Å². The van der Waals surface area contributed by atoms with E-state index in [1.165, 1.54) is 38.5 Å². The Morgan fingerprint density at radius 3 is 2.32 bits per heavy atom. The Hall–Kier alpha value is -0.570. The number of hydrogen-bond acceptors (Lipinski definition) is 2. The molecular formula is C16H32N2O. The van der Waals surface area contributed by atoms with Crippen molar-refractivity contribution in [2.24, 2.45) is 11.8 Å². The molecule has 2 N–H and O–H groups in total. The summed E-state index contributed by atoms with van der Waals surface area (Å²) in [6.07, 6.45) is 9.20. The maximum atomic E-state index is 11.7. The molecule has 0 aromatic rings. The number of carbonyl (C=O) groups excluding carboxylic acids is 1. The van der Waals surface area contributed by atoms with Gasteiger partial charge in [-0.05, 0) is 38.0 Å². The number of nitrogens with one attached hydrogen (secondary N) is 2. The highest BCUT2D eigenvalue weighted by Crippen LogP contribution is 2.25. The van der Waals surface area contributed by atoms with Crippen LogP contribution in [-0.2, 0) is 4.79 Å². The van der Waals surface area contributed by atoms with Crippen molar-refractivity contribution in [1.82, 2.24) is 10.6 Å². The molecule has 0 spiro atoms. The predicted octanol–water partition coefficient (Wildman–Crippen LogP) is 3.10. The molecule has 0 heterocycles. The van der Waals surface area contributed by atoms with Gasteiger partial charge >= 0.3 is 0 Å². The first kappa shape index (κ1) is 16.5. The van der Waals surface area contributed by atoms with Gasteiger partial charge in [0.25, 0.3) is 0 Å². The normalized spacial score (nSPS) is 19.2. The van der Waals surface area contributed by atoms with Gasteiger partial charge in [0.1, 0.15) is 0 Å². The third-order valence-electron chi connectivity index (χ3n) is 4.24. The standard InChI is InChI=1S/C16H32N2O/c1-13(2)10-11-17-16(19)12-18-14(3)15-8-6-4-5-7-9-15/h13-15,18H,4-12H2,1-3H3,(H,17,19)/t14-/m0/s1. The maximum absolute atomic E-state index is 11.7. The molecule has 1 aliphatic rings. The molecule has 3 nitrogen and oxygen atoms in total. The Bertz CT molecular complexity index is 245. The summed E-state index contributed by atoms with van der Waals surface area (Å²) >= 11 is 0. The molecule has 0 aromatic carbocycles. The summed E-state index contributed by atoms with van der Waals surface area (Å²) in [7, 11) is 0. The molecule has 0 aromatic heterocycles. The lowest BCUT2D eigenvalue weighted by Gasteiger charge is -2.23. The van der Waals surface area contributed by atoms with Crippen molar-refractivity contribution in [1.29, 1.82) is 0 Å². The van der Waals surface area contributed by atoms with Crippen molar-refractivity contribution in [2.45, 2.75) is 71.8 Å². The SMILES string of the molecule is CC(C)CCNC(=O)CN[C@@H](C)C1CCCCCC1. The summed E-state index contributed by atoms with van der Waals surface area (Å²) in [4.78, 5) is 11.7. The van der Waals surface area contributed by atoms with Gasteiger partial charge in [0, 0.05) is 12.6 Å². The first-order chi connectivity index (χ1) is 9.09. The third kappa shape index (κ3) is 7.56. The molecule has 19 heavy (non-hydrogen) atoms. The number of rotatable bonds is 7. The van der Waals surface area contributed by atoms with Crippen molar-refractivity contribution < 1.29 is 4.79 Å². The highest BCUT2D eigenvalue weighted by Gasteiger charge is 2.19. The van der Waals surface area contributed by atoms with Crippen LogP contribution in [0.5, 0.6) is 0 Å². The second kappa shape index (κ2) is 9.35. The monoisotopic (exact) mass is 268 g/mol. The quantitative estimate of drug-likeness (QED) is 0.697. The van der Waals surface area contributed by atoms with Crippen molar-refractivity contribution in [3.63, 3.8) is 0 Å². The highest BCUT2D eigenvalue weighted by atomic mass is 16.1. The summed E-state index contributed by atoms with van der Waals surface area (Å²) in [5.41, 5.74) is 0. The molecule has 1 aliphatic carbocycles. The van der Waals surface area contributed by atoms with Gasteiger partial charge in [-0.1, -0.05) is 39.5 Å².